The van der Waals surface area contributed by atoms with Gasteiger partial charge in [-0.2, -0.15) is 0 Å². The molecule has 0 saturated heterocycles. The van der Waals surface area contributed by atoms with E-state index in [1.165, 1.54) is 11.1 Å². The Labute approximate surface area is 124 Å². The molecule has 0 amide bonds. The number of benzene rings is 1. The van der Waals surface area contributed by atoms with Crippen LogP contribution in [0.15, 0.2) is 47.6 Å². The summed E-state index contributed by atoms with van der Waals surface area (Å²) in [5.41, 5.74) is 8.37. The number of nitrogens with two attached hydrogens (primary N) is 1. The standard InChI is InChI=1S/C10H12.C8H14N2.H2/c1-3-4-10-7-5-9(2)6-8-10;1-8(2,9)7-3-5-10-6-4-7;/h3-8H,1-2H3;3,5-7H,4,9H2,1-2H3;1H. The van der Waals surface area contributed by atoms with Gasteiger partial charge in [-0.05, 0) is 39.7 Å². The first kappa shape index (κ1) is 16.4. The molecule has 0 saturated carbocycles. The van der Waals surface area contributed by atoms with Gasteiger partial charge >= 0.3 is 0 Å². The Hall–Kier alpha value is -1.67. The normalized spacial score (nSPS) is 17.9. The highest BCUT2D eigenvalue weighted by atomic mass is 14.7. The number of hydrogen-bond acceptors (Lipinski definition) is 2. The quantitative estimate of drug-likeness (QED) is 0.839. The highest BCUT2D eigenvalue weighted by Crippen LogP contribution is 2.19. The molecule has 0 aromatic heterocycles. The van der Waals surface area contributed by atoms with Gasteiger partial charge in [0, 0.05) is 25.3 Å². The van der Waals surface area contributed by atoms with Crippen LogP contribution in [0, 0.1) is 12.8 Å². The number of allylic oxidation sites excluding steroid dienone is 1. The van der Waals surface area contributed by atoms with Crippen LogP contribution < -0.4 is 5.73 Å². The maximum absolute atomic E-state index is 5.90. The van der Waals surface area contributed by atoms with Crippen molar-refractivity contribution < 1.29 is 1.43 Å². The second-order valence-electron chi connectivity index (χ2n) is 5.75. The monoisotopic (exact) mass is 272 g/mol. The molecule has 2 rings (SSSR count). The predicted octanol–water partition coefficient (Wildman–Crippen LogP) is 4.60. The molecule has 0 fully saturated rings. The van der Waals surface area contributed by atoms with Gasteiger partial charge in [-0.3, -0.25) is 4.99 Å². The highest BCUT2D eigenvalue weighted by molar-refractivity contribution is 5.60. The average molecular weight is 272 g/mol. The Morgan fingerprint density at radius 2 is 1.95 bits per heavy atom. The van der Waals surface area contributed by atoms with Gasteiger partial charge in [0.25, 0.3) is 0 Å². The Bertz CT molecular complexity index is 479. The van der Waals surface area contributed by atoms with E-state index < -0.39 is 0 Å². The summed E-state index contributed by atoms with van der Waals surface area (Å²) in [6, 6.07) is 8.48. The zero-order chi connectivity index (χ0) is 15.0. The molecule has 1 aromatic carbocycles. The van der Waals surface area contributed by atoms with E-state index >= 15 is 0 Å². The number of aliphatic imine (C=N–C) groups is 1. The predicted molar refractivity (Wildman–Crippen MR) is 92.0 cm³/mol. The maximum Gasteiger partial charge on any atom is 0.0227 e. The summed E-state index contributed by atoms with van der Waals surface area (Å²) in [6.07, 6.45) is 10.9. The van der Waals surface area contributed by atoms with E-state index in [-0.39, 0.29) is 6.97 Å². The average Bonchev–Trinajstić information content (AvgIpc) is 2.43. The fourth-order valence-corrected chi connectivity index (χ4v) is 1.89. The third kappa shape index (κ3) is 5.98. The lowest BCUT2D eigenvalue weighted by atomic mass is 9.85. The Kier molecular flexibility index (Phi) is 6.40. The highest BCUT2D eigenvalue weighted by Gasteiger charge is 2.22. The summed E-state index contributed by atoms with van der Waals surface area (Å²) >= 11 is 0. The molecule has 1 heterocycles. The molecule has 2 nitrogen and oxygen atoms in total. The summed E-state index contributed by atoms with van der Waals surface area (Å²) in [6.45, 7) is 8.21. The molecule has 0 radical (unpaired) electrons. The van der Waals surface area contributed by atoms with Crippen LogP contribution in [0.4, 0.5) is 0 Å². The molecule has 1 unspecified atom stereocenters. The lowest BCUT2D eigenvalue weighted by Crippen LogP contribution is -2.40. The van der Waals surface area contributed by atoms with E-state index in [9.17, 15) is 0 Å². The SMILES string of the molecule is CC(C)(N)C1C=CN=CC1.CC=Cc1ccc(C)cc1.[HH]. The molecule has 2 heteroatoms. The second-order valence-corrected chi connectivity index (χ2v) is 5.75. The van der Waals surface area contributed by atoms with Crippen molar-refractivity contribution in [1.82, 2.24) is 0 Å². The van der Waals surface area contributed by atoms with Crippen LogP contribution in [0.1, 0.15) is 39.7 Å². The van der Waals surface area contributed by atoms with Crippen LogP contribution >= 0.6 is 0 Å². The van der Waals surface area contributed by atoms with Gasteiger partial charge in [-0.15, -0.1) is 0 Å². The fraction of sp³-hybridized carbons (Fsp3) is 0.389. The van der Waals surface area contributed by atoms with Gasteiger partial charge in [0.2, 0.25) is 0 Å². The molecular weight excluding hydrogens is 244 g/mol. The van der Waals surface area contributed by atoms with Gasteiger partial charge in [-0.25, -0.2) is 0 Å². The number of rotatable bonds is 2. The van der Waals surface area contributed by atoms with Crippen molar-refractivity contribution in [2.24, 2.45) is 16.6 Å². The molecule has 0 bridgehead atoms. The van der Waals surface area contributed by atoms with E-state index in [0.29, 0.717) is 5.92 Å². The summed E-state index contributed by atoms with van der Waals surface area (Å²) in [7, 11) is 0. The Balaban J connectivity index is 0.000000364. The van der Waals surface area contributed by atoms with E-state index in [2.05, 4.69) is 48.3 Å². The lowest BCUT2D eigenvalue weighted by Gasteiger charge is -2.27. The smallest absolute Gasteiger partial charge is 0.0227 e. The van der Waals surface area contributed by atoms with Crippen LogP contribution in [0.25, 0.3) is 6.08 Å². The molecule has 1 aliphatic rings. The molecule has 1 aromatic rings. The van der Waals surface area contributed by atoms with Gasteiger partial charge in [-0.1, -0.05) is 48.1 Å². The minimum atomic E-state index is -0.108. The minimum Gasteiger partial charge on any atom is -0.325 e. The third-order valence-corrected chi connectivity index (χ3v) is 3.26. The van der Waals surface area contributed by atoms with Crippen molar-refractivity contribution in [3.63, 3.8) is 0 Å². The summed E-state index contributed by atoms with van der Waals surface area (Å²) in [4.78, 5) is 3.98. The van der Waals surface area contributed by atoms with Crippen molar-refractivity contribution >= 4 is 12.3 Å². The molecule has 1 atom stereocenters. The van der Waals surface area contributed by atoms with Gasteiger partial charge < -0.3 is 5.73 Å². The summed E-state index contributed by atoms with van der Waals surface area (Å²) in [5.74, 6) is 0.449. The Morgan fingerprint density at radius 3 is 2.35 bits per heavy atom. The lowest BCUT2D eigenvalue weighted by molar-refractivity contribution is 0.391. The number of aryl methyl sites for hydroxylation is 1. The molecule has 1 aliphatic heterocycles. The third-order valence-electron chi connectivity index (χ3n) is 3.26. The first-order valence-electron chi connectivity index (χ1n) is 7.10. The summed E-state index contributed by atoms with van der Waals surface area (Å²) in [5, 5.41) is 0. The Morgan fingerprint density at radius 1 is 1.30 bits per heavy atom. The summed E-state index contributed by atoms with van der Waals surface area (Å²) < 4.78 is 0. The first-order chi connectivity index (χ1) is 9.43. The van der Waals surface area contributed by atoms with Crippen molar-refractivity contribution in [1.29, 1.82) is 0 Å². The molecular formula is C18H28N2. The van der Waals surface area contributed by atoms with Gasteiger partial charge in [0.15, 0.2) is 0 Å². The van der Waals surface area contributed by atoms with Crippen molar-refractivity contribution in [2.45, 2.75) is 39.7 Å². The van der Waals surface area contributed by atoms with E-state index in [4.69, 9.17) is 5.73 Å². The van der Waals surface area contributed by atoms with Gasteiger partial charge in [0.05, 0.1) is 0 Å². The molecule has 0 spiro atoms. The van der Waals surface area contributed by atoms with Crippen molar-refractivity contribution in [3.8, 4) is 0 Å². The molecule has 0 aliphatic carbocycles. The second kappa shape index (κ2) is 7.81. The van der Waals surface area contributed by atoms with Crippen LogP contribution in [0.5, 0.6) is 0 Å². The van der Waals surface area contributed by atoms with Crippen LogP contribution in [-0.2, 0) is 0 Å². The zero-order valence-corrected chi connectivity index (χ0v) is 13.0. The van der Waals surface area contributed by atoms with Crippen LogP contribution in [0.3, 0.4) is 0 Å². The molecule has 2 N–H and O–H groups in total. The first-order valence-corrected chi connectivity index (χ1v) is 7.10. The van der Waals surface area contributed by atoms with E-state index in [1.54, 1.807) is 0 Å². The van der Waals surface area contributed by atoms with Crippen molar-refractivity contribution in [3.05, 3.63) is 53.7 Å². The minimum absolute atomic E-state index is 0. The largest absolute Gasteiger partial charge is 0.325 e. The van der Waals surface area contributed by atoms with Crippen molar-refractivity contribution in [2.75, 3.05) is 0 Å². The topological polar surface area (TPSA) is 38.4 Å². The molecule has 20 heavy (non-hydrogen) atoms. The van der Waals surface area contributed by atoms with E-state index in [1.807, 2.05) is 39.3 Å². The van der Waals surface area contributed by atoms with Crippen LogP contribution in [-0.4, -0.2) is 11.8 Å². The zero-order valence-electron chi connectivity index (χ0n) is 13.0. The number of hydrogen-bond donors (Lipinski definition) is 1. The van der Waals surface area contributed by atoms with Crippen LogP contribution in [0.2, 0.25) is 0 Å². The maximum atomic E-state index is 5.90. The fourth-order valence-electron chi connectivity index (χ4n) is 1.89. The molecule has 110 valence electrons. The number of nitrogens with zero attached hydrogens (tertiary/aromatic N) is 1. The van der Waals surface area contributed by atoms with Gasteiger partial charge in [0.1, 0.15) is 0 Å². The van der Waals surface area contributed by atoms with E-state index in [0.717, 1.165) is 6.42 Å².